The summed E-state index contributed by atoms with van der Waals surface area (Å²) in [5.41, 5.74) is 5.67. The van der Waals surface area contributed by atoms with Crippen LogP contribution in [0.4, 0.5) is 0 Å². The van der Waals surface area contributed by atoms with E-state index >= 15 is 0 Å². The van der Waals surface area contributed by atoms with Crippen molar-refractivity contribution in [3.8, 4) is 23.0 Å². The maximum Gasteiger partial charge on any atom is 0.271 e. The molecule has 0 unspecified atom stereocenters. The first-order chi connectivity index (χ1) is 20.0. The van der Waals surface area contributed by atoms with E-state index in [9.17, 15) is 4.79 Å². The van der Waals surface area contributed by atoms with Crippen LogP contribution < -0.4 is 24.4 Å². The van der Waals surface area contributed by atoms with Gasteiger partial charge in [-0.05, 0) is 88.9 Å². The molecule has 212 valence electrons. The zero-order chi connectivity index (χ0) is 29.0. The summed E-state index contributed by atoms with van der Waals surface area (Å²) in [5, 5.41) is 4.81. The number of benzene rings is 4. The van der Waals surface area contributed by atoms with Crippen molar-refractivity contribution in [1.29, 1.82) is 0 Å². The number of ether oxygens (including phenoxy) is 4. The standard InChI is InChI=1S/C32H30BrClN2O5/c1-3-38-29-18-25(12-15-28(29)40-20-22-8-6-5-7-9-22)32(37)36-35-19-24-16-27(33)31(30(17-24)39-4-2)41-21-23-10-13-26(34)14-11-23/h5-19H,3-4,20-21H2,1-2H3,(H,36,37)/b35-19+. The van der Waals surface area contributed by atoms with Crippen LogP contribution in [0.5, 0.6) is 23.0 Å². The van der Waals surface area contributed by atoms with Crippen LogP contribution in [0.25, 0.3) is 0 Å². The molecule has 0 saturated heterocycles. The van der Waals surface area contributed by atoms with Gasteiger partial charge in [0.1, 0.15) is 13.2 Å². The van der Waals surface area contributed by atoms with Crippen LogP contribution in [0.1, 0.15) is 40.9 Å². The number of rotatable bonds is 13. The molecule has 4 rings (SSSR count). The molecular weight excluding hydrogens is 608 g/mol. The van der Waals surface area contributed by atoms with Crippen molar-refractivity contribution in [2.24, 2.45) is 5.10 Å². The summed E-state index contributed by atoms with van der Waals surface area (Å²) in [4.78, 5) is 12.8. The smallest absolute Gasteiger partial charge is 0.271 e. The molecule has 0 aromatic heterocycles. The number of nitrogens with one attached hydrogen (secondary N) is 1. The Balaban J connectivity index is 1.42. The summed E-state index contributed by atoms with van der Waals surface area (Å²) >= 11 is 9.54. The number of carbonyl (C=O) groups is 1. The van der Waals surface area contributed by atoms with Crippen LogP contribution in [-0.2, 0) is 13.2 Å². The Kier molecular flexibility index (Phi) is 11.0. The van der Waals surface area contributed by atoms with Gasteiger partial charge in [0.15, 0.2) is 23.0 Å². The molecule has 0 aliphatic heterocycles. The van der Waals surface area contributed by atoms with Crippen molar-refractivity contribution < 1.29 is 23.7 Å². The van der Waals surface area contributed by atoms with E-state index in [0.29, 0.717) is 70.0 Å². The first kappa shape index (κ1) is 30.0. The number of hydrazone groups is 1. The van der Waals surface area contributed by atoms with Gasteiger partial charge < -0.3 is 18.9 Å². The third-order valence-corrected chi connectivity index (χ3v) is 6.59. The second kappa shape index (κ2) is 15.1. The van der Waals surface area contributed by atoms with E-state index in [1.807, 2.05) is 74.5 Å². The van der Waals surface area contributed by atoms with Gasteiger partial charge >= 0.3 is 0 Å². The van der Waals surface area contributed by atoms with E-state index in [2.05, 4.69) is 26.5 Å². The van der Waals surface area contributed by atoms with Gasteiger partial charge in [-0.25, -0.2) is 5.43 Å². The molecule has 1 N–H and O–H groups in total. The van der Waals surface area contributed by atoms with Crippen LogP contribution in [0, 0.1) is 0 Å². The Bertz CT molecular complexity index is 1480. The molecule has 1 amide bonds. The fraction of sp³-hybridized carbons (Fsp3) is 0.188. The number of hydrogen-bond acceptors (Lipinski definition) is 6. The molecule has 0 heterocycles. The Morgan fingerprint density at radius 2 is 1.49 bits per heavy atom. The summed E-state index contributed by atoms with van der Waals surface area (Å²) in [7, 11) is 0. The molecule has 7 nitrogen and oxygen atoms in total. The second-order valence-electron chi connectivity index (χ2n) is 8.75. The molecule has 4 aromatic rings. The van der Waals surface area contributed by atoms with Crippen molar-refractivity contribution in [1.82, 2.24) is 5.43 Å². The van der Waals surface area contributed by atoms with E-state index < -0.39 is 0 Å². The van der Waals surface area contributed by atoms with Crippen molar-refractivity contribution >= 4 is 39.7 Å². The molecule has 0 radical (unpaired) electrons. The lowest BCUT2D eigenvalue weighted by Gasteiger charge is -2.15. The summed E-state index contributed by atoms with van der Waals surface area (Å²) in [6.45, 7) is 5.39. The average Bonchev–Trinajstić information content (AvgIpc) is 2.98. The average molecular weight is 638 g/mol. The minimum atomic E-state index is -0.385. The summed E-state index contributed by atoms with van der Waals surface area (Å²) in [6.07, 6.45) is 1.54. The molecule has 9 heteroatoms. The zero-order valence-electron chi connectivity index (χ0n) is 22.7. The second-order valence-corrected chi connectivity index (χ2v) is 10.0. The third-order valence-electron chi connectivity index (χ3n) is 5.75. The van der Waals surface area contributed by atoms with Crippen LogP contribution in [0.3, 0.4) is 0 Å². The molecule has 0 fully saturated rings. The third kappa shape index (κ3) is 8.74. The monoisotopic (exact) mass is 636 g/mol. The SMILES string of the molecule is CCOc1cc(C(=O)N/N=C/c2cc(Br)c(OCc3ccc(Cl)cc3)c(OCC)c2)ccc1OCc1ccccc1. The van der Waals surface area contributed by atoms with Crippen molar-refractivity contribution in [2.45, 2.75) is 27.1 Å². The molecule has 0 aliphatic rings. The van der Waals surface area contributed by atoms with Gasteiger partial charge in [0, 0.05) is 10.6 Å². The minimum Gasteiger partial charge on any atom is -0.490 e. The molecule has 0 saturated carbocycles. The van der Waals surface area contributed by atoms with Crippen molar-refractivity contribution in [3.63, 3.8) is 0 Å². The van der Waals surface area contributed by atoms with Crippen LogP contribution in [0.2, 0.25) is 5.02 Å². The summed E-state index contributed by atoms with van der Waals surface area (Å²) in [5.74, 6) is 1.78. The Morgan fingerprint density at radius 1 is 0.805 bits per heavy atom. The Labute approximate surface area is 253 Å². The highest BCUT2D eigenvalue weighted by atomic mass is 79.9. The van der Waals surface area contributed by atoms with E-state index in [4.69, 9.17) is 30.5 Å². The number of amides is 1. The quantitative estimate of drug-likeness (QED) is 0.119. The highest BCUT2D eigenvalue weighted by Crippen LogP contribution is 2.37. The predicted molar refractivity (Wildman–Crippen MR) is 165 cm³/mol. The molecule has 0 spiro atoms. The van der Waals surface area contributed by atoms with E-state index in [1.54, 1.807) is 24.3 Å². The first-order valence-corrected chi connectivity index (χ1v) is 14.2. The van der Waals surface area contributed by atoms with Crippen molar-refractivity contribution in [3.05, 3.63) is 117 Å². The zero-order valence-corrected chi connectivity index (χ0v) is 25.1. The summed E-state index contributed by atoms with van der Waals surface area (Å²) in [6, 6.07) is 26.0. The lowest BCUT2D eigenvalue weighted by molar-refractivity contribution is 0.0954. The highest BCUT2D eigenvalue weighted by molar-refractivity contribution is 9.10. The lowest BCUT2D eigenvalue weighted by atomic mass is 10.2. The predicted octanol–water partition coefficient (Wildman–Crippen LogP) is 7.82. The number of nitrogens with zero attached hydrogens (tertiary/aromatic N) is 1. The number of carbonyl (C=O) groups excluding carboxylic acids is 1. The van der Waals surface area contributed by atoms with Crippen LogP contribution >= 0.6 is 27.5 Å². The molecular formula is C32H30BrClN2O5. The van der Waals surface area contributed by atoms with Gasteiger partial charge in [-0.2, -0.15) is 5.10 Å². The fourth-order valence-electron chi connectivity index (χ4n) is 3.80. The normalized spacial score (nSPS) is 10.8. The molecule has 4 aromatic carbocycles. The Morgan fingerprint density at radius 3 is 2.22 bits per heavy atom. The summed E-state index contributed by atoms with van der Waals surface area (Å²) < 4.78 is 24.2. The van der Waals surface area contributed by atoms with Crippen LogP contribution in [-0.4, -0.2) is 25.3 Å². The van der Waals surface area contributed by atoms with Gasteiger partial charge in [-0.3, -0.25) is 4.79 Å². The fourth-order valence-corrected chi connectivity index (χ4v) is 4.50. The first-order valence-electron chi connectivity index (χ1n) is 13.1. The highest BCUT2D eigenvalue weighted by Gasteiger charge is 2.14. The molecule has 0 bridgehead atoms. The number of halogens is 2. The Hall–Kier alpha value is -4.01. The van der Waals surface area contributed by atoms with E-state index in [1.165, 1.54) is 6.21 Å². The van der Waals surface area contributed by atoms with E-state index in [-0.39, 0.29) is 5.91 Å². The van der Waals surface area contributed by atoms with Gasteiger partial charge in [0.05, 0.1) is 23.9 Å². The maximum atomic E-state index is 12.8. The maximum absolute atomic E-state index is 12.8. The minimum absolute atomic E-state index is 0.346. The molecule has 0 atom stereocenters. The van der Waals surface area contributed by atoms with E-state index in [0.717, 1.165) is 11.1 Å². The molecule has 0 aliphatic carbocycles. The number of hydrogen-bond donors (Lipinski definition) is 1. The molecule has 41 heavy (non-hydrogen) atoms. The van der Waals surface area contributed by atoms with Gasteiger partial charge in [0.25, 0.3) is 5.91 Å². The lowest BCUT2D eigenvalue weighted by Crippen LogP contribution is -2.17. The van der Waals surface area contributed by atoms with Gasteiger partial charge in [-0.15, -0.1) is 0 Å². The van der Waals surface area contributed by atoms with Gasteiger partial charge in [0.2, 0.25) is 0 Å². The van der Waals surface area contributed by atoms with Crippen molar-refractivity contribution in [2.75, 3.05) is 13.2 Å². The topological polar surface area (TPSA) is 78.4 Å². The van der Waals surface area contributed by atoms with Crippen LogP contribution in [0.15, 0.2) is 94.5 Å². The van der Waals surface area contributed by atoms with Gasteiger partial charge in [-0.1, -0.05) is 54.1 Å². The largest absolute Gasteiger partial charge is 0.490 e.